The number of rotatable bonds is 2. The van der Waals surface area contributed by atoms with Crippen molar-refractivity contribution in [3.8, 4) is 0 Å². The number of carbonyl (C=O) groups is 1. The number of aryl methyl sites for hydroxylation is 2. The first-order chi connectivity index (χ1) is 8.59. The number of benzene rings is 2. The molecule has 0 spiro atoms. The first kappa shape index (κ1) is 12.2. The van der Waals surface area contributed by atoms with E-state index in [4.69, 9.17) is 5.73 Å². The van der Waals surface area contributed by atoms with E-state index in [9.17, 15) is 4.79 Å². The molecule has 2 aromatic carbocycles. The van der Waals surface area contributed by atoms with Gasteiger partial charge in [0.1, 0.15) is 0 Å². The Balaban J connectivity index is 2.50. The molecule has 2 aromatic rings. The average Bonchev–Trinajstić information content (AvgIpc) is 2.34. The van der Waals surface area contributed by atoms with Gasteiger partial charge in [0, 0.05) is 0 Å². The number of amides is 2. The third-order valence-corrected chi connectivity index (χ3v) is 2.87. The fourth-order valence-electron chi connectivity index (χ4n) is 1.89. The first-order valence-corrected chi connectivity index (χ1v) is 5.81. The molecule has 18 heavy (non-hydrogen) atoms. The average molecular weight is 240 g/mol. The van der Waals surface area contributed by atoms with Crippen LogP contribution in [0.15, 0.2) is 48.5 Å². The second-order valence-electron chi connectivity index (χ2n) is 4.30. The number of hydrogen-bond donors (Lipinski definition) is 1. The van der Waals surface area contributed by atoms with E-state index in [0.29, 0.717) is 0 Å². The SMILES string of the molecule is Cc1ccc(N(C(N)=O)c2ccccc2C)cc1. The van der Waals surface area contributed by atoms with Gasteiger partial charge in [0.15, 0.2) is 0 Å². The van der Waals surface area contributed by atoms with Gasteiger partial charge < -0.3 is 5.73 Å². The Morgan fingerprint density at radius 2 is 1.61 bits per heavy atom. The van der Waals surface area contributed by atoms with Gasteiger partial charge in [0.05, 0.1) is 11.4 Å². The van der Waals surface area contributed by atoms with E-state index in [1.807, 2.05) is 62.4 Å². The Kier molecular flexibility index (Phi) is 3.33. The molecule has 0 aliphatic heterocycles. The molecule has 0 aliphatic carbocycles. The lowest BCUT2D eigenvalue weighted by atomic mass is 10.1. The van der Waals surface area contributed by atoms with E-state index in [0.717, 1.165) is 22.5 Å². The molecule has 2 N–H and O–H groups in total. The molecule has 3 nitrogen and oxygen atoms in total. The van der Waals surface area contributed by atoms with Gasteiger partial charge in [-0.15, -0.1) is 0 Å². The number of urea groups is 1. The molecule has 0 radical (unpaired) electrons. The van der Waals surface area contributed by atoms with Crippen molar-refractivity contribution in [1.82, 2.24) is 0 Å². The highest BCUT2D eigenvalue weighted by molar-refractivity contribution is 5.99. The summed E-state index contributed by atoms with van der Waals surface area (Å²) in [6, 6.07) is 14.9. The predicted octanol–water partition coefficient (Wildman–Crippen LogP) is 3.52. The number of nitrogens with zero attached hydrogens (tertiary/aromatic N) is 1. The Bertz CT molecular complexity index is 561. The highest BCUT2D eigenvalue weighted by Gasteiger charge is 2.16. The maximum atomic E-state index is 11.7. The van der Waals surface area contributed by atoms with Crippen LogP contribution >= 0.6 is 0 Å². The minimum Gasteiger partial charge on any atom is -0.351 e. The summed E-state index contributed by atoms with van der Waals surface area (Å²) in [7, 11) is 0. The number of carbonyl (C=O) groups excluding carboxylic acids is 1. The third-order valence-electron chi connectivity index (χ3n) is 2.87. The van der Waals surface area contributed by atoms with Crippen LogP contribution in [0.5, 0.6) is 0 Å². The Hall–Kier alpha value is -2.29. The lowest BCUT2D eigenvalue weighted by Crippen LogP contribution is -2.31. The minimum atomic E-state index is -0.479. The molecule has 0 fully saturated rings. The van der Waals surface area contributed by atoms with Gasteiger partial charge in [-0.3, -0.25) is 4.90 Å². The van der Waals surface area contributed by atoms with Crippen molar-refractivity contribution in [2.24, 2.45) is 5.73 Å². The van der Waals surface area contributed by atoms with Crippen LogP contribution in [-0.2, 0) is 0 Å². The quantitative estimate of drug-likeness (QED) is 0.857. The maximum absolute atomic E-state index is 11.7. The largest absolute Gasteiger partial charge is 0.351 e. The monoisotopic (exact) mass is 240 g/mol. The van der Waals surface area contributed by atoms with Crippen molar-refractivity contribution in [2.45, 2.75) is 13.8 Å². The van der Waals surface area contributed by atoms with E-state index in [1.54, 1.807) is 0 Å². The van der Waals surface area contributed by atoms with E-state index < -0.39 is 6.03 Å². The second-order valence-corrected chi connectivity index (χ2v) is 4.30. The Labute approximate surface area is 107 Å². The van der Waals surface area contributed by atoms with Gasteiger partial charge in [-0.2, -0.15) is 0 Å². The molecular formula is C15H16N2O. The van der Waals surface area contributed by atoms with Crippen molar-refractivity contribution in [3.63, 3.8) is 0 Å². The summed E-state index contributed by atoms with van der Waals surface area (Å²) in [4.78, 5) is 13.2. The van der Waals surface area contributed by atoms with Crippen LogP contribution in [-0.4, -0.2) is 6.03 Å². The molecule has 0 saturated carbocycles. The number of nitrogens with two attached hydrogens (primary N) is 1. The molecule has 2 amide bonds. The topological polar surface area (TPSA) is 46.3 Å². The van der Waals surface area contributed by atoms with Gasteiger partial charge in [-0.25, -0.2) is 4.79 Å². The molecule has 0 saturated heterocycles. The summed E-state index contributed by atoms with van der Waals surface area (Å²) in [5.41, 5.74) is 9.25. The number of anilines is 2. The van der Waals surface area contributed by atoms with Crippen LogP contribution in [0.1, 0.15) is 11.1 Å². The lowest BCUT2D eigenvalue weighted by molar-refractivity contribution is 0.256. The Morgan fingerprint density at radius 1 is 1.00 bits per heavy atom. The van der Waals surface area contributed by atoms with Gasteiger partial charge in [0.25, 0.3) is 0 Å². The van der Waals surface area contributed by atoms with Crippen LogP contribution in [0.3, 0.4) is 0 Å². The van der Waals surface area contributed by atoms with Crippen molar-refractivity contribution in [2.75, 3.05) is 4.90 Å². The zero-order chi connectivity index (χ0) is 13.1. The number of primary amides is 1. The van der Waals surface area contributed by atoms with Crippen molar-refractivity contribution in [3.05, 3.63) is 59.7 Å². The summed E-state index contributed by atoms with van der Waals surface area (Å²) < 4.78 is 0. The predicted molar refractivity (Wildman–Crippen MR) is 74.1 cm³/mol. The summed E-state index contributed by atoms with van der Waals surface area (Å²) in [6.45, 7) is 3.96. The van der Waals surface area contributed by atoms with E-state index in [2.05, 4.69) is 0 Å². The van der Waals surface area contributed by atoms with Gasteiger partial charge in [0.2, 0.25) is 0 Å². The van der Waals surface area contributed by atoms with Crippen LogP contribution in [0.4, 0.5) is 16.2 Å². The molecule has 0 atom stereocenters. The van der Waals surface area contributed by atoms with E-state index in [-0.39, 0.29) is 0 Å². The highest BCUT2D eigenvalue weighted by atomic mass is 16.2. The fourth-order valence-corrected chi connectivity index (χ4v) is 1.89. The Morgan fingerprint density at radius 3 is 2.17 bits per heavy atom. The fraction of sp³-hybridized carbons (Fsp3) is 0.133. The molecule has 3 heteroatoms. The number of hydrogen-bond acceptors (Lipinski definition) is 1. The van der Waals surface area contributed by atoms with Gasteiger partial charge in [-0.05, 0) is 37.6 Å². The highest BCUT2D eigenvalue weighted by Crippen LogP contribution is 2.28. The maximum Gasteiger partial charge on any atom is 0.323 e. The van der Waals surface area contributed by atoms with Gasteiger partial charge in [-0.1, -0.05) is 35.9 Å². The molecule has 0 bridgehead atoms. The summed E-state index contributed by atoms with van der Waals surface area (Å²) in [5.74, 6) is 0. The zero-order valence-corrected chi connectivity index (χ0v) is 10.6. The van der Waals surface area contributed by atoms with Crippen molar-refractivity contribution >= 4 is 17.4 Å². The van der Waals surface area contributed by atoms with Crippen LogP contribution in [0.2, 0.25) is 0 Å². The first-order valence-electron chi connectivity index (χ1n) is 5.81. The summed E-state index contributed by atoms with van der Waals surface area (Å²) >= 11 is 0. The third kappa shape index (κ3) is 2.35. The lowest BCUT2D eigenvalue weighted by Gasteiger charge is -2.22. The summed E-state index contributed by atoms with van der Waals surface area (Å²) in [5, 5.41) is 0. The molecule has 0 unspecified atom stereocenters. The van der Waals surface area contributed by atoms with E-state index >= 15 is 0 Å². The minimum absolute atomic E-state index is 0.479. The molecule has 0 heterocycles. The van der Waals surface area contributed by atoms with Crippen LogP contribution < -0.4 is 10.6 Å². The van der Waals surface area contributed by atoms with Gasteiger partial charge >= 0.3 is 6.03 Å². The smallest absolute Gasteiger partial charge is 0.323 e. The number of para-hydroxylation sites is 1. The normalized spacial score (nSPS) is 10.1. The molecule has 0 aliphatic rings. The molecule has 0 aromatic heterocycles. The van der Waals surface area contributed by atoms with Crippen molar-refractivity contribution < 1.29 is 4.79 Å². The standard InChI is InChI=1S/C15H16N2O/c1-11-7-9-13(10-8-11)17(15(16)18)14-6-4-3-5-12(14)2/h3-10H,1-2H3,(H2,16,18). The van der Waals surface area contributed by atoms with Crippen molar-refractivity contribution in [1.29, 1.82) is 0 Å². The molecule has 92 valence electrons. The van der Waals surface area contributed by atoms with Crippen LogP contribution in [0.25, 0.3) is 0 Å². The van der Waals surface area contributed by atoms with E-state index in [1.165, 1.54) is 4.90 Å². The molecular weight excluding hydrogens is 224 g/mol. The molecule has 2 rings (SSSR count). The second kappa shape index (κ2) is 4.92. The van der Waals surface area contributed by atoms with Crippen LogP contribution in [0, 0.1) is 13.8 Å². The summed E-state index contributed by atoms with van der Waals surface area (Å²) in [6.07, 6.45) is 0. The zero-order valence-electron chi connectivity index (χ0n) is 10.6.